The predicted molar refractivity (Wildman–Crippen MR) is 137 cm³/mol. The fourth-order valence-electron chi connectivity index (χ4n) is 6.42. The van der Waals surface area contributed by atoms with Gasteiger partial charge in [0.25, 0.3) is 0 Å². The number of carbonyl (C=O) groups is 1. The maximum absolute atomic E-state index is 13.2. The highest BCUT2D eigenvalue weighted by atomic mass is 16.5. The van der Waals surface area contributed by atoms with Crippen molar-refractivity contribution >= 4 is 5.91 Å². The Morgan fingerprint density at radius 2 is 1.81 bits per heavy atom. The van der Waals surface area contributed by atoms with Crippen molar-refractivity contribution in [1.29, 1.82) is 0 Å². The number of hydrogen-bond acceptors (Lipinski definition) is 5. The molecule has 1 aromatic heterocycles. The summed E-state index contributed by atoms with van der Waals surface area (Å²) in [6.45, 7) is 2.62. The molecule has 7 heteroatoms. The highest BCUT2D eigenvalue weighted by molar-refractivity contribution is 5.78. The Kier molecular flexibility index (Phi) is 6.46. The SMILES string of the molecule is O=C(CC1(c2ccccc2)CCC1)N1CCC(C2CC2CCOc2ccc(-n3cnnn3)cc2)CC1. The zero-order chi connectivity index (χ0) is 24.4. The minimum absolute atomic E-state index is 0.0880. The third-order valence-electron chi connectivity index (χ3n) is 8.87. The Labute approximate surface area is 212 Å². The molecule has 2 saturated carbocycles. The van der Waals surface area contributed by atoms with E-state index in [4.69, 9.17) is 4.74 Å². The molecule has 2 aliphatic carbocycles. The molecule has 188 valence electrons. The first-order valence-corrected chi connectivity index (χ1v) is 13.5. The molecule has 2 aromatic carbocycles. The van der Waals surface area contributed by atoms with Gasteiger partial charge in [-0.05, 0) is 96.5 Å². The minimum atomic E-state index is 0.0880. The molecule has 0 radical (unpaired) electrons. The van der Waals surface area contributed by atoms with E-state index in [1.807, 2.05) is 24.3 Å². The van der Waals surface area contributed by atoms with Crippen LogP contribution in [0.25, 0.3) is 5.69 Å². The van der Waals surface area contributed by atoms with Gasteiger partial charge in [0.1, 0.15) is 12.1 Å². The van der Waals surface area contributed by atoms with E-state index in [1.165, 1.54) is 18.4 Å². The highest BCUT2D eigenvalue weighted by Gasteiger charge is 2.45. The molecule has 1 amide bonds. The average molecular weight is 486 g/mol. The van der Waals surface area contributed by atoms with Gasteiger partial charge in [-0.25, -0.2) is 4.68 Å². The number of tetrazole rings is 1. The zero-order valence-electron chi connectivity index (χ0n) is 20.8. The summed E-state index contributed by atoms with van der Waals surface area (Å²) in [5.74, 6) is 3.60. The number of nitrogens with zero attached hydrogens (tertiary/aromatic N) is 5. The summed E-state index contributed by atoms with van der Waals surface area (Å²) in [7, 11) is 0. The lowest BCUT2D eigenvalue weighted by Crippen LogP contribution is -2.44. The molecular weight excluding hydrogens is 450 g/mol. The van der Waals surface area contributed by atoms with Crippen LogP contribution in [0.4, 0.5) is 0 Å². The smallest absolute Gasteiger partial charge is 0.223 e. The van der Waals surface area contributed by atoms with Crippen LogP contribution in [0.5, 0.6) is 5.75 Å². The number of amides is 1. The third kappa shape index (κ3) is 4.88. The molecule has 2 atom stereocenters. The van der Waals surface area contributed by atoms with Crippen LogP contribution in [-0.2, 0) is 10.2 Å². The molecule has 1 saturated heterocycles. The van der Waals surface area contributed by atoms with Gasteiger partial charge in [-0.1, -0.05) is 36.8 Å². The van der Waals surface area contributed by atoms with Crippen LogP contribution >= 0.6 is 0 Å². The van der Waals surface area contributed by atoms with E-state index in [0.717, 1.165) is 81.0 Å². The number of likely N-dealkylation sites (tertiary alicyclic amines) is 1. The fourth-order valence-corrected chi connectivity index (χ4v) is 6.42. The molecule has 36 heavy (non-hydrogen) atoms. The van der Waals surface area contributed by atoms with Gasteiger partial charge in [-0.3, -0.25) is 4.79 Å². The number of piperidine rings is 1. The summed E-state index contributed by atoms with van der Waals surface area (Å²) in [6, 6.07) is 18.6. The molecule has 3 aromatic rings. The van der Waals surface area contributed by atoms with Crippen LogP contribution < -0.4 is 4.74 Å². The second-order valence-corrected chi connectivity index (χ2v) is 10.9. The van der Waals surface area contributed by atoms with Gasteiger partial charge in [-0.2, -0.15) is 0 Å². The first-order chi connectivity index (χ1) is 17.7. The summed E-state index contributed by atoms with van der Waals surface area (Å²) in [4.78, 5) is 15.4. The van der Waals surface area contributed by atoms with E-state index in [2.05, 4.69) is 50.8 Å². The normalized spacial score (nSPS) is 23.2. The quantitative estimate of drug-likeness (QED) is 0.435. The van der Waals surface area contributed by atoms with E-state index >= 15 is 0 Å². The van der Waals surface area contributed by atoms with Gasteiger partial charge in [0, 0.05) is 24.9 Å². The monoisotopic (exact) mass is 485 g/mol. The molecule has 2 heterocycles. The Morgan fingerprint density at radius 3 is 2.47 bits per heavy atom. The van der Waals surface area contributed by atoms with Crippen LogP contribution in [0, 0.1) is 17.8 Å². The average Bonchev–Trinajstić information content (AvgIpc) is 3.46. The number of benzene rings is 2. The number of hydrogen-bond donors (Lipinski definition) is 0. The molecule has 1 aliphatic heterocycles. The van der Waals surface area contributed by atoms with Gasteiger partial charge in [0.15, 0.2) is 0 Å². The third-order valence-corrected chi connectivity index (χ3v) is 8.87. The maximum Gasteiger partial charge on any atom is 0.223 e. The van der Waals surface area contributed by atoms with E-state index in [-0.39, 0.29) is 5.41 Å². The predicted octanol–water partition coefficient (Wildman–Crippen LogP) is 4.82. The molecule has 6 rings (SSSR count). The van der Waals surface area contributed by atoms with Gasteiger partial charge in [0.2, 0.25) is 5.91 Å². The summed E-state index contributed by atoms with van der Waals surface area (Å²) in [5, 5.41) is 11.2. The van der Waals surface area contributed by atoms with E-state index in [9.17, 15) is 4.79 Å². The summed E-state index contributed by atoms with van der Waals surface area (Å²) in [5.41, 5.74) is 2.36. The van der Waals surface area contributed by atoms with Crippen molar-refractivity contribution in [3.05, 3.63) is 66.5 Å². The molecule has 0 spiro atoms. The van der Waals surface area contributed by atoms with Crippen LogP contribution in [0.15, 0.2) is 60.9 Å². The Hall–Kier alpha value is -3.22. The van der Waals surface area contributed by atoms with Crippen LogP contribution in [0.1, 0.15) is 56.9 Å². The molecule has 3 fully saturated rings. The topological polar surface area (TPSA) is 73.1 Å². The lowest BCUT2D eigenvalue weighted by Gasteiger charge is -2.44. The summed E-state index contributed by atoms with van der Waals surface area (Å²) < 4.78 is 7.63. The fraction of sp³-hybridized carbons (Fsp3) is 0.517. The molecule has 0 bridgehead atoms. The summed E-state index contributed by atoms with van der Waals surface area (Å²) in [6.07, 6.45) is 10.5. The van der Waals surface area contributed by atoms with Crippen molar-refractivity contribution in [1.82, 2.24) is 25.1 Å². The first-order valence-electron chi connectivity index (χ1n) is 13.5. The maximum atomic E-state index is 13.2. The molecular formula is C29H35N5O2. The molecule has 7 nitrogen and oxygen atoms in total. The second-order valence-electron chi connectivity index (χ2n) is 10.9. The van der Waals surface area contributed by atoms with E-state index in [0.29, 0.717) is 12.3 Å². The minimum Gasteiger partial charge on any atom is -0.494 e. The molecule has 2 unspecified atom stereocenters. The molecule has 3 aliphatic rings. The van der Waals surface area contributed by atoms with Crippen molar-refractivity contribution in [2.45, 2.75) is 56.8 Å². The Bertz CT molecular complexity index is 1140. The van der Waals surface area contributed by atoms with Gasteiger partial charge < -0.3 is 9.64 Å². The van der Waals surface area contributed by atoms with E-state index in [1.54, 1.807) is 11.0 Å². The van der Waals surface area contributed by atoms with Crippen LogP contribution in [0.3, 0.4) is 0 Å². The van der Waals surface area contributed by atoms with Crippen molar-refractivity contribution in [3.63, 3.8) is 0 Å². The Balaban J connectivity index is 0.920. The number of rotatable bonds is 9. The number of aromatic nitrogens is 4. The first kappa shape index (κ1) is 23.2. The number of carbonyl (C=O) groups excluding carboxylic acids is 1. The lowest BCUT2D eigenvalue weighted by molar-refractivity contribution is -0.135. The zero-order valence-corrected chi connectivity index (χ0v) is 20.8. The lowest BCUT2D eigenvalue weighted by atomic mass is 9.62. The van der Waals surface area contributed by atoms with Crippen molar-refractivity contribution in [3.8, 4) is 11.4 Å². The standard InChI is InChI=1S/C29H35N5O2/c35-28(20-29(14-4-15-29)24-5-2-1-3-6-24)33-16-11-22(12-17-33)27-19-23(27)13-18-36-26-9-7-25(8-10-26)34-21-30-31-32-34/h1-3,5-10,21-23,27H,4,11-20H2. The van der Waals surface area contributed by atoms with Crippen LogP contribution in [0.2, 0.25) is 0 Å². The van der Waals surface area contributed by atoms with E-state index < -0.39 is 0 Å². The van der Waals surface area contributed by atoms with Gasteiger partial charge in [-0.15, -0.1) is 5.10 Å². The van der Waals surface area contributed by atoms with Crippen molar-refractivity contribution < 1.29 is 9.53 Å². The number of ether oxygens (including phenoxy) is 1. The Morgan fingerprint density at radius 1 is 1.03 bits per heavy atom. The molecule has 0 N–H and O–H groups in total. The van der Waals surface area contributed by atoms with Crippen LogP contribution in [-0.4, -0.2) is 50.7 Å². The highest BCUT2D eigenvalue weighted by Crippen LogP contribution is 2.50. The summed E-state index contributed by atoms with van der Waals surface area (Å²) >= 11 is 0. The van der Waals surface area contributed by atoms with Crippen molar-refractivity contribution in [2.75, 3.05) is 19.7 Å². The largest absolute Gasteiger partial charge is 0.494 e. The van der Waals surface area contributed by atoms with Gasteiger partial charge >= 0.3 is 0 Å². The van der Waals surface area contributed by atoms with Gasteiger partial charge in [0.05, 0.1) is 12.3 Å². The van der Waals surface area contributed by atoms with Crippen molar-refractivity contribution in [2.24, 2.45) is 17.8 Å². The second kappa shape index (κ2) is 10.0.